The van der Waals surface area contributed by atoms with Crippen LogP contribution in [0.2, 0.25) is 0 Å². The van der Waals surface area contributed by atoms with E-state index in [-0.39, 0.29) is 24.1 Å². The van der Waals surface area contributed by atoms with Gasteiger partial charge in [-0.3, -0.25) is 9.59 Å². The summed E-state index contributed by atoms with van der Waals surface area (Å²) in [5.74, 6) is -1.75. The number of amides is 1. The molecule has 1 aromatic rings. The normalized spacial score (nSPS) is 14.8. The van der Waals surface area contributed by atoms with E-state index in [9.17, 15) is 9.59 Å². The van der Waals surface area contributed by atoms with Crippen LogP contribution in [0.1, 0.15) is 23.3 Å². The van der Waals surface area contributed by atoms with E-state index in [1.54, 1.807) is 0 Å². The van der Waals surface area contributed by atoms with Crippen LogP contribution in [0.15, 0.2) is 4.63 Å². The van der Waals surface area contributed by atoms with E-state index >= 15 is 0 Å². The van der Waals surface area contributed by atoms with Gasteiger partial charge < -0.3 is 15.7 Å². The first-order valence-electron chi connectivity index (χ1n) is 4.70. The van der Waals surface area contributed by atoms with Gasteiger partial charge in [-0.25, -0.2) is 4.63 Å². The number of aromatic nitrogens is 2. The second kappa shape index (κ2) is 3.80. The van der Waals surface area contributed by atoms with E-state index in [1.807, 2.05) is 0 Å². The van der Waals surface area contributed by atoms with Crippen molar-refractivity contribution in [3.8, 4) is 0 Å². The van der Waals surface area contributed by atoms with E-state index < -0.39 is 11.9 Å². The highest BCUT2D eigenvalue weighted by Crippen LogP contribution is 2.28. The molecule has 1 amide bonds. The van der Waals surface area contributed by atoms with E-state index in [0.717, 1.165) is 12.8 Å². The molecule has 3 N–H and O–H groups in total. The molecule has 0 aromatic carbocycles. The lowest BCUT2D eigenvalue weighted by Crippen LogP contribution is -2.37. The summed E-state index contributed by atoms with van der Waals surface area (Å²) in [6, 6.07) is -0.0419. The van der Waals surface area contributed by atoms with Crippen LogP contribution in [-0.2, 0) is 4.79 Å². The first kappa shape index (κ1) is 10.4. The minimum Gasteiger partial charge on any atom is -0.480 e. The molecule has 8 nitrogen and oxygen atoms in total. The number of nitrogens with zero attached hydrogens (tertiary/aromatic N) is 3. The standard InChI is InChI=1S/C8H10N4O4/c9-7-6(10-16-11-7)8(15)12(3-5(13)14)4-1-2-4/h4H,1-3H2,(H2,9,11)(H,13,14). The summed E-state index contributed by atoms with van der Waals surface area (Å²) >= 11 is 0. The summed E-state index contributed by atoms with van der Waals surface area (Å²) in [5, 5.41) is 15.3. The van der Waals surface area contributed by atoms with E-state index in [4.69, 9.17) is 10.8 Å². The largest absolute Gasteiger partial charge is 0.480 e. The second-order valence-corrected chi connectivity index (χ2v) is 3.56. The fraction of sp³-hybridized carbons (Fsp3) is 0.500. The molecule has 0 aliphatic heterocycles. The van der Waals surface area contributed by atoms with Crippen molar-refractivity contribution in [3.63, 3.8) is 0 Å². The van der Waals surface area contributed by atoms with Crippen molar-refractivity contribution in [2.75, 3.05) is 12.3 Å². The molecule has 1 heterocycles. The van der Waals surface area contributed by atoms with Crippen LogP contribution in [0, 0.1) is 0 Å². The predicted octanol–water partition coefficient (Wildman–Crippen LogP) is -0.659. The minimum atomic E-state index is -1.07. The van der Waals surface area contributed by atoms with Gasteiger partial charge in [0.05, 0.1) is 0 Å². The van der Waals surface area contributed by atoms with Crippen molar-refractivity contribution in [2.24, 2.45) is 0 Å². The maximum atomic E-state index is 11.9. The third-order valence-corrected chi connectivity index (χ3v) is 2.27. The van der Waals surface area contributed by atoms with E-state index in [2.05, 4.69) is 14.9 Å². The van der Waals surface area contributed by atoms with Gasteiger partial charge in [0.1, 0.15) is 6.54 Å². The molecule has 8 heteroatoms. The molecule has 1 fully saturated rings. The lowest BCUT2D eigenvalue weighted by atomic mass is 10.3. The van der Waals surface area contributed by atoms with E-state index in [0.29, 0.717) is 0 Å². The van der Waals surface area contributed by atoms with Crippen molar-refractivity contribution in [2.45, 2.75) is 18.9 Å². The van der Waals surface area contributed by atoms with Crippen molar-refractivity contribution >= 4 is 17.7 Å². The van der Waals surface area contributed by atoms with Gasteiger partial charge in [-0.15, -0.1) is 0 Å². The first-order valence-corrected chi connectivity index (χ1v) is 4.70. The zero-order valence-corrected chi connectivity index (χ0v) is 8.29. The third-order valence-electron chi connectivity index (χ3n) is 2.27. The number of aliphatic carboxylic acids is 1. The molecule has 1 aromatic heterocycles. The monoisotopic (exact) mass is 226 g/mol. The molecular formula is C8H10N4O4. The van der Waals surface area contributed by atoms with Gasteiger partial charge in [0, 0.05) is 6.04 Å². The van der Waals surface area contributed by atoms with Gasteiger partial charge in [0.25, 0.3) is 5.91 Å². The molecule has 2 rings (SSSR count). The first-order chi connectivity index (χ1) is 7.59. The van der Waals surface area contributed by atoms with Crippen LogP contribution in [0.3, 0.4) is 0 Å². The average molecular weight is 226 g/mol. The maximum Gasteiger partial charge on any atom is 0.323 e. The Hall–Kier alpha value is -2.12. The van der Waals surface area contributed by atoms with Gasteiger partial charge in [0.2, 0.25) is 11.5 Å². The fourth-order valence-corrected chi connectivity index (χ4v) is 1.38. The molecule has 0 saturated heterocycles. The number of carboxylic acids is 1. The quantitative estimate of drug-likeness (QED) is 0.698. The summed E-state index contributed by atoms with van der Waals surface area (Å²) in [4.78, 5) is 23.7. The number of rotatable bonds is 4. The summed E-state index contributed by atoms with van der Waals surface area (Å²) in [7, 11) is 0. The lowest BCUT2D eigenvalue weighted by molar-refractivity contribution is -0.137. The van der Waals surface area contributed by atoms with Crippen molar-refractivity contribution in [1.29, 1.82) is 0 Å². The zero-order chi connectivity index (χ0) is 11.7. The Morgan fingerprint density at radius 3 is 2.62 bits per heavy atom. The predicted molar refractivity (Wildman–Crippen MR) is 50.4 cm³/mol. The smallest absolute Gasteiger partial charge is 0.323 e. The Balaban J connectivity index is 2.17. The fourth-order valence-electron chi connectivity index (χ4n) is 1.38. The number of nitrogens with two attached hydrogens (primary N) is 1. The molecule has 16 heavy (non-hydrogen) atoms. The summed E-state index contributed by atoms with van der Waals surface area (Å²) in [6.45, 7) is -0.365. The molecule has 0 bridgehead atoms. The van der Waals surface area contributed by atoms with Crippen LogP contribution in [-0.4, -0.2) is 44.8 Å². The average Bonchev–Trinajstić information content (AvgIpc) is 2.97. The summed E-state index contributed by atoms with van der Waals surface area (Å²) in [5.41, 5.74) is 5.24. The van der Waals surface area contributed by atoms with E-state index in [1.165, 1.54) is 4.90 Å². The zero-order valence-electron chi connectivity index (χ0n) is 8.29. The maximum absolute atomic E-state index is 11.9. The van der Waals surface area contributed by atoms with Gasteiger partial charge in [-0.2, -0.15) is 0 Å². The lowest BCUT2D eigenvalue weighted by Gasteiger charge is -2.18. The Morgan fingerprint density at radius 1 is 1.50 bits per heavy atom. The number of carboxylic acid groups (broad SMARTS) is 1. The van der Waals surface area contributed by atoms with Gasteiger partial charge >= 0.3 is 5.97 Å². The highest BCUT2D eigenvalue weighted by atomic mass is 16.6. The number of hydrogen-bond acceptors (Lipinski definition) is 6. The van der Waals surface area contributed by atoms with Crippen LogP contribution in [0.4, 0.5) is 5.82 Å². The third kappa shape index (κ3) is 1.95. The van der Waals surface area contributed by atoms with Gasteiger partial charge in [0.15, 0.2) is 0 Å². The van der Waals surface area contributed by atoms with Crippen molar-refractivity contribution < 1.29 is 19.3 Å². The Bertz CT molecular complexity index is 425. The molecule has 1 saturated carbocycles. The highest BCUT2D eigenvalue weighted by molar-refractivity contribution is 5.97. The number of hydrogen-bond donors (Lipinski definition) is 2. The van der Waals surface area contributed by atoms with Crippen LogP contribution in [0.25, 0.3) is 0 Å². The molecule has 86 valence electrons. The Kier molecular flexibility index (Phi) is 2.47. The number of carbonyl (C=O) groups is 2. The van der Waals surface area contributed by atoms with Crippen LogP contribution < -0.4 is 5.73 Å². The van der Waals surface area contributed by atoms with Crippen LogP contribution >= 0.6 is 0 Å². The Labute approximate surface area is 90.0 Å². The molecular weight excluding hydrogens is 216 g/mol. The molecule has 0 spiro atoms. The molecule has 1 aliphatic rings. The molecule has 0 unspecified atom stereocenters. The molecule has 1 aliphatic carbocycles. The number of nitrogen functional groups attached to an aromatic ring is 1. The minimum absolute atomic E-state index is 0.0419. The highest BCUT2D eigenvalue weighted by Gasteiger charge is 2.36. The second-order valence-electron chi connectivity index (χ2n) is 3.56. The van der Waals surface area contributed by atoms with Gasteiger partial charge in [-0.05, 0) is 23.2 Å². The number of carbonyl (C=O) groups excluding carboxylic acids is 1. The topological polar surface area (TPSA) is 123 Å². The van der Waals surface area contributed by atoms with Crippen molar-refractivity contribution in [3.05, 3.63) is 5.69 Å². The summed E-state index contributed by atoms with van der Waals surface area (Å²) < 4.78 is 4.30. The number of anilines is 1. The van der Waals surface area contributed by atoms with Crippen molar-refractivity contribution in [1.82, 2.24) is 15.2 Å². The van der Waals surface area contributed by atoms with Gasteiger partial charge in [-0.1, -0.05) is 0 Å². The molecule has 0 atom stereocenters. The molecule has 0 radical (unpaired) electrons. The summed E-state index contributed by atoms with van der Waals surface area (Å²) in [6.07, 6.45) is 1.59. The Morgan fingerprint density at radius 2 is 2.19 bits per heavy atom. The SMILES string of the molecule is Nc1nonc1C(=O)N(CC(=O)O)C1CC1. The van der Waals surface area contributed by atoms with Crippen LogP contribution in [0.5, 0.6) is 0 Å².